The molecule has 114 valence electrons. The molecule has 0 aliphatic carbocycles. The van der Waals surface area contributed by atoms with E-state index in [1.165, 1.54) is 5.56 Å². The number of nitrogens with one attached hydrogen (secondary N) is 1. The summed E-state index contributed by atoms with van der Waals surface area (Å²) < 4.78 is 5.25. The van der Waals surface area contributed by atoms with Crippen LogP contribution >= 0.6 is 0 Å². The summed E-state index contributed by atoms with van der Waals surface area (Å²) >= 11 is 0. The quantitative estimate of drug-likeness (QED) is 0.754. The first kappa shape index (κ1) is 15.7. The van der Waals surface area contributed by atoms with E-state index in [0.717, 1.165) is 18.9 Å². The Morgan fingerprint density at radius 1 is 1.24 bits per heavy atom. The molecule has 0 amide bonds. The Balaban J connectivity index is 1.73. The summed E-state index contributed by atoms with van der Waals surface area (Å²) in [5, 5.41) is 7.34. The second-order valence-electron chi connectivity index (χ2n) is 5.52. The van der Waals surface area contributed by atoms with Crippen molar-refractivity contribution in [3.63, 3.8) is 0 Å². The lowest BCUT2D eigenvalue weighted by Crippen LogP contribution is -2.33. The number of benzene rings is 1. The summed E-state index contributed by atoms with van der Waals surface area (Å²) in [5.74, 6) is 1.38. The van der Waals surface area contributed by atoms with Gasteiger partial charge in [-0.15, -0.1) is 0 Å². The summed E-state index contributed by atoms with van der Waals surface area (Å²) in [5.41, 5.74) is 1.19. The maximum absolute atomic E-state index is 5.25. The lowest BCUT2D eigenvalue weighted by molar-refractivity contribution is 0.270. The zero-order chi connectivity index (χ0) is 15.1. The monoisotopic (exact) mass is 288 g/mol. The SMILES string of the molecule is CC(C)N(C)CCNCc1nc(Cc2ccccc2)no1. The molecule has 2 rings (SSSR count). The molecular formula is C16H24N4O. The predicted octanol–water partition coefficient (Wildman–Crippen LogP) is 2.09. The van der Waals surface area contributed by atoms with Crippen molar-refractivity contribution in [2.24, 2.45) is 0 Å². The van der Waals surface area contributed by atoms with Crippen LogP contribution in [0.15, 0.2) is 34.9 Å². The third kappa shape index (κ3) is 5.28. The van der Waals surface area contributed by atoms with Crippen molar-refractivity contribution < 1.29 is 4.52 Å². The first-order valence-electron chi connectivity index (χ1n) is 7.41. The van der Waals surface area contributed by atoms with Gasteiger partial charge in [-0.1, -0.05) is 35.5 Å². The van der Waals surface area contributed by atoms with Crippen LogP contribution in [0.1, 0.15) is 31.1 Å². The lowest BCUT2D eigenvalue weighted by Gasteiger charge is -2.20. The predicted molar refractivity (Wildman–Crippen MR) is 83.0 cm³/mol. The minimum Gasteiger partial charge on any atom is -0.338 e. The van der Waals surface area contributed by atoms with E-state index in [0.29, 0.717) is 24.9 Å². The van der Waals surface area contributed by atoms with E-state index >= 15 is 0 Å². The standard InChI is InChI=1S/C16H24N4O/c1-13(2)20(3)10-9-17-12-16-18-15(19-21-16)11-14-7-5-4-6-8-14/h4-8,13,17H,9-12H2,1-3H3. The molecule has 0 aliphatic rings. The van der Waals surface area contributed by atoms with Gasteiger partial charge in [0.2, 0.25) is 5.89 Å². The van der Waals surface area contributed by atoms with Gasteiger partial charge < -0.3 is 14.7 Å². The van der Waals surface area contributed by atoms with Crippen LogP contribution in [-0.4, -0.2) is 41.2 Å². The summed E-state index contributed by atoms with van der Waals surface area (Å²) in [6.45, 7) is 6.91. The topological polar surface area (TPSA) is 54.2 Å². The first-order valence-corrected chi connectivity index (χ1v) is 7.41. The van der Waals surface area contributed by atoms with Crippen molar-refractivity contribution in [3.05, 3.63) is 47.6 Å². The molecule has 0 saturated heterocycles. The molecule has 0 fully saturated rings. The number of aromatic nitrogens is 2. The molecule has 0 atom stereocenters. The molecule has 0 aliphatic heterocycles. The number of hydrogen-bond acceptors (Lipinski definition) is 5. The molecule has 21 heavy (non-hydrogen) atoms. The van der Waals surface area contributed by atoms with E-state index < -0.39 is 0 Å². The highest BCUT2D eigenvalue weighted by molar-refractivity contribution is 5.18. The maximum atomic E-state index is 5.25. The van der Waals surface area contributed by atoms with Gasteiger partial charge in [0.15, 0.2) is 5.82 Å². The Hall–Kier alpha value is -1.72. The van der Waals surface area contributed by atoms with Crippen LogP contribution in [0.2, 0.25) is 0 Å². The molecule has 0 bridgehead atoms. The molecule has 1 N–H and O–H groups in total. The zero-order valence-electron chi connectivity index (χ0n) is 13.0. The number of nitrogens with zero attached hydrogens (tertiary/aromatic N) is 3. The molecule has 0 saturated carbocycles. The maximum Gasteiger partial charge on any atom is 0.240 e. The average Bonchev–Trinajstić information content (AvgIpc) is 2.92. The lowest BCUT2D eigenvalue weighted by atomic mass is 10.1. The van der Waals surface area contributed by atoms with Crippen LogP contribution in [0, 0.1) is 0 Å². The van der Waals surface area contributed by atoms with Crippen LogP contribution in [0.5, 0.6) is 0 Å². The number of rotatable bonds is 8. The largest absolute Gasteiger partial charge is 0.338 e. The molecule has 5 nitrogen and oxygen atoms in total. The summed E-state index contributed by atoms with van der Waals surface area (Å²) in [6.07, 6.45) is 0.709. The van der Waals surface area contributed by atoms with E-state index in [9.17, 15) is 0 Å². The molecule has 5 heteroatoms. The van der Waals surface area contributed by atoms with Gasteiger partial charge in [-0.3, -0.25) is 0 Å². The van der Waals surface area contributed by atoms with Gasteiger partial charge in [-0.2, -0.15) is 4.98 Å². The number of hydrogen-bond donors (Lipinski definition) is 1. The molecular weight excluding hydrogens is 264 g/mol. The van der Waals surface area contributed by atoms with Crippen molar-refractivity contribution in [2.75, 3.05) is 20.1 Å². The van der Waals surface area contributed by atoms with E-state index in [1.807, 2.05) is 18.2 Å². The van der Waals surface area contributed by atoms with Crippen molar-refractivity contribution in [3.8, 4) is 0 Å². The first-order chi connectivity index (χ1) is 10.1. The van der Waals surface area contributed by atoms with Crippen molar-refractivity contribution in [2.45, 2.75) is 32.9 Å². The van der Waals surface area contributed by atoms with Gasteiger partial charge in [0, 0.05) is 25.6 Å². The second-order valence-corrected chi connectivity index (χ2v) is 5.52. The van der Waals surface area contributed by atoms with Crippen LogP contribution in [0.25, 0.3) is 0 Å². The second kappa shape index (κ2) is 7.90. The van der Waals surface area contributed by atoms with Gasteiger partial charge in [0.05, 0.1) is 6.54 Å². The smallest absolute Gasteiger partial charge is 0.240 e. The fraction of sp³-hybridized carbons (Fsp3) is 0.500. The summed E-state index contributed by atoms with van der Waals surface area (Å²) in [7, 11) is 2.12. The Bertz CT molecular complexity index is 524. The summed E-state index contributed by atoms with van der Waals surface area (Å²) in [4.78, 5) is 6.70. The molecule has 0 radical (unpaired) electrons. The fourth-order valence-corrected chi connectivity index (χ4v) is 1.92. The van der Waals surface area contributed by atoms with Gasteiger partial charge >= 0.3 is 0 Å². The highest BCUT2D eigenvalue weighted by Crippen LogP contribution is 2.06. The van der Waals surface area contributed by atoms with Crippen molar-refractivity contribution in [1.29, 1.82) is 0 Å². The van der Waals surface area contributed by atoms with E-state index in [1.54, 1.807) is 0 Å². The van der Waals surface area contributed by atoms with E-state index in [4.69, 9.17) is 4.52 Å². The molecule has 0 spiro atoms. The minimum absolute atomic E-state index is 0.563. The zero-order valence-corrected chi connectivity index (χ0v) is 13.0. The highest BCUT2D eigenvalue weighted by Gasteiger charge is 2.07. The minimum atomic E-state index is 0.563. The fourth-order valence-electron chi connectivity index (χ4n) is 1.92. The Morgan fingerprint density at radius 2 is 2.00 bits per heavy atom. The number of likely N-dealkylation sites (N-methyl/N-ethyl adjacent to an activating group) is 1. The summed E-state index contributed by atoms with van der Waals surface area (Å²) in [6, 6.07) is 10.7. The van der Waals surface area contributed by atoms with Gasteiger partial charge in [0.25, 0.3) is 0 Å². The highest BCUT2D eigenvalue weighted by atomic mass is 16.5. The van der Waals surface area contributed by atoms with Crippen LogP contribution < -0.4 is 5.32 Å². The van der Waals surface area contributed by atoms with E-state index in [-0.39, 0.29) is 0 Å². The average molecular weight is 288 g/mol. The van der Waals surface area contributed by atoms with Crippen molar-refractivity contribution in [1.82, 2.24) is 20.4 Å². The van der Waals surface area contributed by atoms with Gasteiger partial charge in [0.1, 0.15) is 0 Å². The van der Waals surface area contributed by atoms with Crippen LogP contribution in [0.3, 0.4) is 0 Å². The van der Waals surface area contributed by atoms with E-state index in [2.05, 4.69) is 53.4 Å². The Kier molecular flexibility index (Phi) is 5.90. The van der Waals surface area contributed by atoms with Gasteiger partial charge in [-0.25, -0.2) is 0 Å². The normalized spacial score (nSPS) is 11.5. The van der Waals surface area contributed by atoms with Gasteiger partial charge in [-0.05, 0) is 26.5 Å². The third-order valence-corrected chi connectivity index (χ3v) is 3.51. The molecule has 1 aromatic heterocycles. The van der Waals surface area contributed by atoms with Crippen LogP contribution in [-0.2, 0) is 13.0 Å². The molecule has 0 unspecified atom stereocenters. The Labute approximate surface area is 126 Å². The van der Waals surface area contributed by atoms with Crippen molar-refractivity contribution >= 4 is 0 Å². The third-order valence-electron chi connectivity index (χ3n) is 3.51. The Morgan fingerprint density at radius 3 is 2.71 bits per heavy atom. The molecule has 2 aromatic rings. The molecule has 1 aromatic carbocycles. The van der Waals surface area contributed by atoms with Crippen LogP contribution in [0.4, 0.5) is 0 Å². The molecule has 1 heterocycles.